The molecule has 0 radical (unpaired) electrons. The summed E-state index contributed by atoms with van der Waals surface area (Å²) in [4.78, 5) is 36.6. The lowest BCUT2D eigenvalue weighted by Gasteiger charge is -2.39. The zero-order chi connectivity index (χ0) is 22.1. The molecule has 7 nitrogen and oxygen atoms in total. The summed E-state index contributed by atoms with van der Waals surface area (Å²) >= 11 is 0. The fourth-order valence-corrected chi connectivity index (χ4v) is 5.30. The average molecular weight is 436 g/mol. The van der Waals surface area contributed by atoms with E-state index >= 15 is 0 Å². The van der Waals surface area contributed by atoms with Crippen molar-refractivity contribution in [3.63, 3.8) is 0 Å². The van der Waals surface area contributed by atoms with Crippen LogP contribution in [0.25, 0.3) is 0 Å². The number of carbonyl (C=O) groups is 1. The van der Waals surface area contributed by atoms with Crippen molar-refractivity contribution in [2.24, 2.45) is 5.92 Å². The maximum Gasteiger partial charge on any atom is 0.269 e. The first kappa shape index (κ1) is 21.2. The minimum Gasteiger partial charge on any atom is -0.368 e. The Morgan fingerprint density at radius 3 is 2.56 bits per heavy atom. The average Bonchev–Trinajstić information content (AvgIpc) is 3.52. The van der Waals surface area contributed by atoms with E-state index in [1.165, 1.54) is 19.3 Å². The molecule has 3 heterocycles. The number of nitrogens with zero attached hydrogens (tertiary/aromatic N) is 3. The van der Waals surface area contributed by atoms with Gasteiger partial charge in [0, 0.05) is 56.4 Å². The highest BCUT2D eigenvalue weighted by molar-refractivity contribution is 5.92. The number of anilines is 1. The van der Waals surface area contributed by atoms with Crippen LogP contribution < -0.4 is 15.8 Å². The van der Waals surface area contributed by atoms with Gasteiger partial charge in [-0.2, -0.15) is 0 Å². The van der Waals surface area contributed by atoms with Crippen molar-refractivity contribution >= 4 is 11.6 Å². The lowest BCUT2D eigenvalue weighted by Crippen LogP contribution is -2.49. The molecule has 0 bridgehead atoms. The zero-order valence-electron chi connectivity index (χ0n) is 18.8. The summed E-state index contributed by atoms with van der Waals surface area (Å²) in [7, 11) is 1.62. The molecule has 0 aromatic carbocycles. The summed E-state index contributed by atoms with van der Waals surface area (Å²) in [6, 6.07) is 8.60. The van der Waals surface area contributed by atoms with E-state index in [2.05, 4.69) is 37.2 Å². The predicted molar refractivity (Wildman–Crippen MR) is 125 cm³/mol. The molecule has 5 rings (SSSR count). The Morgan fingerprint density at radius 1 is 1.09 bits per heavy atom. The van der Waals surface area contributed by atoms with Gasteiger partial charge >= 0.3 is 0 Å². The molecule has 3 fully saturated rings. The summed E-state index contributed by atoms with van der Waals surface area (Å²) in [6.45, 7) is 4.00. The highest BCUT2D eigenvalue weighted by atomic mass is 16.1. The molecule has 2 aromatic rings. The minimum atomic E-state index is -0.156. The Balaban J connectivity index is 1.14. The molecule has 2 aliphatic carbocycles. The van der Waals surface area contributed by atoms with Gasteiger partial charge in [-0.25, -0.2) is 4.98 Å². The number of hydrogen-bond donors (Lipinski definition) is 2. The third kappa shape index (κ3) is 4.58. The van der Waals surface area contributed by atoms with Crippen LogP contribution in [0, 0.1) is 5.92 Å². The number of aromatic amines is 1. The molecule has 32 heavy (non-hydrogen) atoms. The Kier molecular flexibility index (Phi) is 6.00. The van der Waals surface area contributed by atoms with E-state index in [0.29, 0.717) is 17.7 Å². The largest absolute Gasteiger partial charge is 0.368 e. The highest BCUT2D eigenvalue weighted by Crippen LogP contribution is 2.37. The van der Waals surface area contributed by atoms with Crippen molar-refractivity contribution in [2.75, 3.05) is 38.1 Å². The fraction of sp³-hybridized carbons (Fsp3) is 0.560. The number of hydrogen-bond acceptors (Lipinski definition) is 5. The SMILES string of the molecule is CNC(=O)c1ccc(N2CCN([C@H]3CC[C@@H](c4ccc(CC5CC5)c(=O)[nH]4)C3)CC2)cn1. The van der Waals surface area contributed by atoms with E-state index in [0.717, 1.165) is 68.3 Å². The van der Waals surface area contributed by atoms with Crippen LogP contribution in [-0.2, 0) is 6.42 Å². The first-order valence-electron chi connectivity index (χ1n) is 12.0. The van der Waals surface area contributed by atoms with Crippen molar-refractivity contribution in [1.82, 2.24) is 20.2 Å². The topological polar surface area (TPSA) is 81.3 Å². The Hall–Kier alpha value is -2.67. The standard InChI is InChI=1S/C25H33N5O2/c1-26-25(32)23-9-7-21(16-27-23)30-12-10-29(11-13-30)20-6-4-18(15-20)22-8-5-19(24(31)28-22)14-17-2-3-17/h5,7-9,16-18,20H,2-4,6,10-15H2,1H3,(H,26,32)(H,28,31)/t18-,20+/m1/s1. The van der Waals surface area contributed by atoms with Crippen molar-refractivity contribution in [2.45, 2.75) is 50.5 Å². The molecule has 2 N–H and O–H groups in total. The third-order valence-electron chi connectivity index (χ3n) is 7.47. The summed E-state index contributed by atoms with van der Waals surface area (Å²) in [5, 5.41) is 2.61. The van der Waals surface area contributed by atoms with Crippen LogP contribution in [0.1, 0.15) is 59.8 Å². The molecular weight excluding hydrogens is 402 g/mol. The Labute approximate surface area is 189 Å². The zero-order valence-corrected chi connectivity index (χ0v) is 18.8. The molecule has 3 aliphatic rings. The number of pyridine rings is 2. The van der Waals surface area contributed by atoms with Gasteiger partial charge in [0.2, 0.25) is 0 Å². The van der Waals surface area contributed by atoms with Crippen LogP contribution in [0.3, 0.4) is 0 Å². The molecule has 170 valence electrons. The van der Waals surface area contributed by atoms with E-state index in [-0.39, 0.29) is 11.5 Å². The Bertz CT molecular complexity index is 1010. The highest BCUT2D eigenvalue weighted by Gasteiger charge is 2.32. The summed E-state index contributed by atoms with van der Waals surface area (Å²) in [5.41, 5.74) is 3.73. The van der Waals surface area contributed by atoms with Gasteiger partial charge in [0.15, 0.2) is 0 Å². The molecule has 2 aromatic heterocycles. The van der Waals surface area contributed by atoms with Gasteiger partial charge in [-0.15, -0.1) is 0 Å². The maximum atomic E-state index is 12.5. The van der Waals surface area contributed by atoms with Gasteiger partial charge in [0.05, 0.1) is 11.9 Å². The van der Waals surface area contributed by atoms with Crippen LogP contribution in [0.15, 0.2) is 35.3 Å². The van der Waals surface area contributed by atoms with Crippen LogP contribution in [0.2, 0.25) is 0 Å². The minimum absolute atomic E-state index is 0.127. The smallest absolute Gasteiger partial charge is 0.269 e. The normalized spacial score (nSPS) is 24.0. The van der Waals surface area contributed by atoms with E-state index in [1.807, 2.05) is 6.07 Å². The molecule has 7 heteroatoms. The maximum absolute atomic E-state index is 12.5. The molecule has 2 saturated carbocycles. The quantitative estimate of drug-likeness (QED) is 0.729. The second-order valence-corrected chi connectivity index (χ2v) is 9.58. The van der Waals surface area contributed by atoms with E-state index in [4.69, 9.17) is 0 Å². The molecule has 0 spiro atoms. The van der Waals surface area contributed by atoms with E-state index < -0.39 is 0 Å². The molecule has 1 aliphatic heterocycles. The molecule has 0 unspecified atom stereocenters. The predicted octanol–water partition coefficient (Wildman–Crippen LogP) is 2.54. The number of piperazine rings is 1. The number of amides is 1. The third-order valence-corrected chi connectivity index (χ3v) is 7.47. The van der Waals surface area contributed by atoms with Crippen molar-refractivity contribution in [1.29, 1.82) is 0 Å². The molecule has 1 amide bonds. The van der Waals surface area contributed by atoms with Gasteiger partial charge in [-0.3, -0.25) is 14.5 Å². The van der Waals surface area contributed by atoms with Crippen molar-refractivity contribution in [3.8, 4) is 0 Å². The molecule has 2 atom stereocenters. The van der Waals surface area contributed by atoms with Crippen LogP contribution >= 0.6 is 0 Å². The summed E-state index contributed by atoms with van der Waals surface area (Å²) in [6.07, 6.45) is 8.76. The van der Waals surface area contributed by atoms with Gasteiger partial charge < -0.3 is 15.2 Å². The van der Waals surface area contributed by atoms with Crippen LogP contribution in [0.5, 0.6) is 0 Å². The number of aromatic nitrogens is 2. The summed E-state index contributed by atoms with van der Waals surface area (Å²) < 4.78 is 0. The van der Waals surface area contributed by atoms with Gasteiger partial charge in [-0.05, 0) is 62.6 Å². The number of rotatable bonds is 6. The van der Waals surface area contributed by atoms with Crippen molar-refractivity contribution in [3.05, 3.63) is 57.8 Å². The summed E-state index contributed by atoms with van der Waals surface area (Å²) in [5.74, 6) is 1.04. The molecule has 1 saturated heterocycles. The lowest BCUT2D eigenvalue weighted by molar-refractivity contribution is 0.0958. The second-order valence-electron chi connectivity index (χ2n) is 9.58. The number of H-pyrrole nitrogens is 1. The van der Waals surface area contributed by atoms with Crippen LogP contribution in [0.4, 0.5) is 5.69 Å². The fourth-order valence-electron chi connectivity index (χ4n) is 5.30. The lowest BCUT2D eigenvalue weighted by atomic mass is 10.0. The van der Waals surface area contributed by atoms with E-state index in [1.54, 1.807) is 19.3 Å². The number of carbonyl (C=O) groups excluding carboxylic acids is 1. The number of nitrogens with one attached hydrogen (secondary N) is 2. The monoisotopic (exact) mass is 435 g/mol. The Morgan fingerprint density at radius 2 is 1.91 bits per heavy atom. The molecular formula is C25H33N5O2. The first-order valence-corrected chi connectivity index (χ1v) is 12.0. The van der Waals surface area contributed by atoms with Gasteiger partial charge in [0.1, 0.15) is 5.69 Å². The van der Waals surface area contributed by atoms with Gasteiger partial charge in [0.25, 0.3) is 11.5 Å². The van der Waals surface area contributed by atoms with Crippen LogP contribution in [-0.4, -0.2) is 60.0 Å². The first-order chi connectivity index (χ1) is 15.6. The second kappa shape index (κ2) is 9.06. The van der Waals surface area contributed by atoms with E-state index in [9.17, 15) is 9.59 Å². The van der Waals surface area contributed by atoms with Crippen molar-refractivity contribution < 1.29 is 4.79 Å². The van der Waals surface area contributed by atoms with Gasteiger partial charge in [-0.1, -0.05) is 6.07 Å².